The van der Waals surface area contributed by atoms with Gasteiger partial charge in [-0.3, -0.25) is 9.69 Å². The number of ether oxygens (including phenoxy) is 3. The molecule has 37 heavy (non-hydrogen) atoms. The Labute approximate surface area is 214 Å². The van der Waals surface area contributed by atoms with Crippen LogP contribution in [0, 0.1) is 0 Å². The zero-order valence-corrected chi connectivity index (χ0v) is 20.9. The Kier molecular flexibility index (Phi) is 8.55. The molecule has 0 radical (unpaired) electrons. The van der Waals surface area contributed by atoms with E-state index in [4.69, 9.17) is 18.4 Å². The molecule has 0 aromatic heterocycles. The lowest BCUT2D eigenvalue weighted by Crippen LogP contribution is -2.33. The summed E-state index contributed by atoms with van der Waals surface area (Å²) in [7, 11) is 0. The van der Waals surface area contributed by atoms with Crippen molar-refractivity contribution in [1.82, 2.24) is 4.90 Å². The van der Waals surface area contributed by atoms with E-state index in [0.717, 1.165) is 19.6 Å². The van der Waals surface area contributed by atoms with Crippen LogP contribution in [0.1, 0.15) is 26.2 Å². The number of carbonyl (C=O) groups is 1. The smallest absolute Gasteiger partial charge is 0.492 e. The maximum absolute atomic E-state index is 12.9. The van der Waals surface area contributed by atoms with Gasteiger partial charge in [-0.25, -0.2) is 4.21 Å². The average Bonchev–Trinajstić information content (AvgIpc) is 2.86. The molecule has 1 unspecified atom stereocenters. The van der Waals surface area contributed by atoms with E-state index in [0.29, 0.717) is 28.9 Å². The van der Waals surface area contributed by atoms with Gasteiger partial charge in [0.25, 0.3) is 0 Å². The maximum atomic E-state index is 12.9. The van der Waals surface area contributed by atoms with Crippen molar-refractivity contribution in [2.45, 2.75) is 31.7 Å². The van der Waals surface area contributed by atoms with Crippen LogP contribution < -0.4 is 18.4 Å². The number of halogens is 3. The van der Waals surface area contributed by atoms with Crippen LogP contribution in [0.25, 0.3) is 10.8 Å². The second-order valence-electron chi connectivity index (χ2n) is 8.46. The predicted molar refractivity (Wildman–Crippen MR) is 132 cm³/mol. The fraction of sp³-hybridized carbons (Fsp3) is 0.346. The molecule has 11 heteroatoms. The summed E-state index contributed by atoms with van der Waals surface area (Å²) < 4.78 is 71.9. The number of likely N-dealkylation sites (tertiary alicyclic amines) is 1. The molecule has 1 heterocycles. The van der Waals surface area contributed by atoms with E-state index in [1.54, 1.807) is 24.3 Å². The van der Waals surface area contributed by atoms with Gasteiger partial charge >= 0.3 is 22.6 Å². The molecule has 198 valence electrons. The number of piperidine rings is 1. The summed E-state index contributed by atoms with van der Waals surface area (Å²) in [5.74, 6) is 0.248. The molecule has 1 fully saturated rings. The molecular formula is C26H26F3NO6S. The summed E-state index contributed by atoms with van der Waals surface area (Å²) >= 11 is -3.59. The summed E-state index contributed by atoms with van der Waals surface area (Å²) in [5, 5.41) is 0.881. The van der Waals surface area contributed by atoms with Crippen LogP contribution in [-0.2, 0) is 15.9 Å². The largest absolute Gasteiger partial charge is 0.508 e. The molecule has 1 saturated heterocycles. The second kappa shape index (κ2) is 11.8. The topological polar surface area (TPSA) is 74.3 Å². The van der Waals surface area contributed by atoms with E-state index in [1.165, 1.54) is 56.5 Å². The van der Waals surface area contributed by atoms with Crippen LogP contribution in [-0.4, -0.2) is 46.8 Å². The van der Waals surface area contributed by atoms with Gasteiger partial charge in [0.1, 0.15) is 23.9 Å². The summed E-state index contributed by atoms with van der Waals surface area (Å²) in [4.78, 5) is 13.6. The fourth-order valence-corrected chi connectivity index (χ4v) is 4.37. The molecule has 7 nitrogen and oxygen atoms in total. The molecule has 3 aromatic carbocycles. The maximum Gasteiger partial charge on any atom is 0.508 e. The van der Waals surface area contributed by atoms with Gasteiger partial charge in [-0.05, 0) is 79.8 Å². The summed E-state index contributed by atoms with van der Waals surface area (Å²) in [6.45, 7) is 4.78. The van der Waals surface area contributed by atoms with Gasteiger partial charge in [-0.1, -0.05) is 12.5 Å². The molecule has 1 aliphatic heterocycles. The molecule has 0 saturated carbocycles. The van der Waals surface area contributed by atoms with Crippen LogP contribution in [0.3, 0.4) is 0 Å². The highest BCUT2D eigenvalue weighted by atomic mass is 32.2. The Morgan fingerprint density at radius 2 is 1.62 bits per heavy atom. The number of hydrogen-bond acceptors (Lipinski definition) is 7. The van der Waals surface area contributed by atoms with Crippen LogP contribution in [0.4, 0.5) is 13.2 Å². The van der Waals surface area contributed by atoms with E-state index in [-0.39, 0.29) is 17.2 Å². The Morgan fingerprint density at radius 3 is 2.30 bits per heavy atom. The number of carbonyl (C=O) groups excluding carboxylic acids is 1. The average molecular weight is 538 g/mol. The predicted octanol–water partition coefficient (Wildman–Crippen LogP) is 5.98. The van der Waals surface area contributed by atoms with Crippen molar-refractivity contribution in [3.05, 3.63) is 54.6 Å². The van der Waals surface area contributed by atoms with Crippen LogP contribution in [0.15, 0.2) is 54.6 Å². The van der Waals surface area contributed by atoms with E-state index in [9.17, 15) is 22.2 Å². The quantitative estimate of drug-likeness (QED) is 0.245. The molecule has 0 amide bonds. The highest BCUT2D eigenvalue weighted by molar-refractivity contribution is 7.81. The van der Waals surface area contributed by atoms with Crippen molar-refractivity contribution in [2.75, 3.05) is 26.2 Å². The van der Waals surface area contributed by atoms with Crippen molar-refractivity contribution in [3.63, 3.8) is 0 Å². The first kappa shape index (κ1) is 26.7. The number of esters is 1. The summed E-state index contributed by atoms with van der Waals surface area (Å²) in [6.07, 6.45) is 3.67. The monoisotopic (exact) mass is 537 g/mol. The van der Waals surface area contributed by atoms with Crippen molar-refractivity contribution in [3.8, 4) is 28.7 Å². The zero-order chi connectivity index (χ0) is 26.4. The van der Waals surface area contributed by atoms with Gasteiger partial charge < -0.3 is 18.4 Å². The van der Waals surface area contributed by atoms with Crippen LogP contribution >= 0.6 is 0 Å². The van der Waals surface area contributed by atoms with Crippen molar-refractivity contribution >= 4 is 27.8 Å². The van der Waals surface area contributed by atoms with E-state index < -0.39 is 22.6 Å². The molecule has 0 aliphatic carbocycles. The van der Waals surface area contributed by atoms with Gasteiger partial charge in [0.15, 0.2) is 11.5 Å². The zero-order valence-electron chi connectivity index (χ0n) is 20.1. The molecule has 3 aromatic rings. The first-order chi connectivity index (χ1) is 17.7. The Bertz CT molecular complexity index is 1260. The number of nitrogens with zero attached hydrogens (tertiary/aromatic N) is 1. The van der Waals surface area contributed by atoms with Gasteiger partial charge in [0, 0.05) is 18.9 Å². The highest BCUT2D eigenvalue weighted by Crippen LogP contribution is 2.41. The van der Waals surface area contributed by atoms with Crippen LogP contribution in [0.5, 0.6) is 28.7 Å². The van der Waals surface area contributed by atoms with Crippen LogP contribution in [0.2, 0.25) is 0 Å². The summed E-state index contributed by atoms with van der Waals surface area (Å²) in [5.41, 5.74) is -5.07. The summed E-state index contributed by atoms with van der Waals surface area (Å²) in [6, 6.07) is 13.8. The normalized spacial score (nSPS) is 15.2. The number of benzene rings is 3. The lowest BCUT2D eigenvalue weighted by atomic mass is 10.1. The second-order valence-corrected chi connectivity index (χ2v) is 9.56. The number of rotatable bonds is 9. The lowest BCUT2D eigenvalue weighted by Gasteiger charge is -2.26. The number of fused-ring (bicyclic) bond motifs is 1. The third kappa shape index (κ3) is 7.36. The van der Waals surface area contributed by atoms with E-state index in [2.05, 4.69) is 4.90 Å². The number of alkyl halides is 3. The van der Waals surface area contributed by atoms with Gasteiger partial charge in [-0.15, -0.1) is 0 Å². The lowest BCUT2D eigenvalue weighted by molar-refractivity contribution is -0.131. The van der Waals surface area contributed by atoms with Crippen molar-refractivity contribution in [1.29, 1.82) is 0 Å². The Hall–Kier alpha value is -3.31. The SMILES string of the molecule is CC(=O)Oc1ccc2c(Oc3ccc(OCCN4CCCCC4)cc3)c(OS(=O)C(F)(F)F)ccc2c1. The standard InChI is InChI=1S/C26H26F3NO6S/c1-18(31)34-22-10-11-23-19(17-22)5-12-24(36-37(32)26(27,28)29)25(23)35-21-8-6-20(7-9-21)33-16-15-30-13-3-2-4-14-30/h5-12,17H,2-4,13-16H2,1H3. The molecular weight excluding hydrogens is 511 g/mol. The molecule has 0 N–H and O–H groups in total. The highest BCUT2D eigenvalue weighted by Gasteiger charge is 2.40. The minimum Gasteiger partial charge on any atom is -0.492 e. The van der Waals surface area contributed by atoms with E-state index in [1.807, 2.05) is 0 Å². The molecule has 1 atom stereocenters. The van der Waals surface area contributed by atoms with Crippen molar-refractivity contribution in [2.24, 2.45) is 0 Å². The molecule has 4 rings (SSSR count). The van der Waals surface area contributed by atoms with Gasteiger partial charge in [-0.2, -0.15) is 13.2 Å². The van der Waals surface area contributed by atoms with Gasteiger partial charge in [0.2, 0.25) is 0 Å². The Morgan fingerprint density at radius 1 is 0.946 bits per heavy atom. The Balaban J connectivity index is 1.54. The molecule has 1 aliphatic rings. The van der Waals surface area contributed by atoms with E-state index >= 15 is 0 Å². The first-order valence-electron chi connectivity index (χ1n) is 11.7. The fourth-order valence-electron chi connectivity index (χ4n) is 3.99. The molecule has 0 bridgehead atoms. The minimum atomic E-state index is -5.07. The molecule has 0 spiro atoms. The van der Waals surface area contributed by atoms with Gasteiger partial charge in [0.05, 0.1) is 0 Å². The minimum absolute atomic E-state index is 0.0664. The van der Waals surface area contributed by atoms with Crippen molar-refractivity contribution < 1.29 is 40.6 Å². The third-order valence-corrected chi connectivity index (χ3v) is 6.40. The first-order valence-corrected chi connectivity index (χ1v) is 12.8. The number of hydrogen-bond donors (Lipinski definition) is 0. The third-order valence-electron chi connectivity index (χ3n) is 5.69.